The Labute approximate surface area is 99.7 Å². The van der Waals surface area contributed by atoms with Crippen LogP contribution in [-0.2, 0) is 11.0 Å². The Balaban J connectivity index is 3.25. The maximum atomic E-state index is 12.4. The van der Waals surface area contributed by atoms with E-state index in [1.54, 1.807) is 0 Å². The smallest absolute Gasteiger partial charge is 0.416 e. The molecule has 1 aromatic rings. The third-order valence-electron chi connectivity index (χ3n) is 2.02. The SMILES string of the molecule is C=CC(=O)Nc1ccc(C(F)(F)F)cc1C(=O)O. The van der Waals surface area contributed by atoms with Gasteiger partial charge in [0.2, 0.25) is 5.91 Å². The average molecular weight is 259 g/mol. The zero-order valence-electron chi connectivity index (χ0n) is 8.91. The molecule has 0 aliphatic rings. The summed E-state index contributed by atoms with van der Waals surface area (Å²) < 4.78 is 37.2. The Morgan fingerprint density at radius 3 is 2.39 bits per heavy atom. The maximum Gasteiger partial charge on any atom is 0.416 e. The number of carbonyl (C=O) groups excluding carboxylic acids is 1. The van der Waals surface area contributed by atoms with Crippen LogP contribution in [-0.4, -0.2) is 17.0 Å². The van der Waals surface area contributed by atoms with Crippen molar-refractivity contribution < 1.29 is 27.9 Å². The molecule has 0 radical (unpaired) electrons. The maximum absolute atomic E-state index is 12.4. The van der Waals surface area contributed by atoms with Gasteiger partial charge in [-0.25, -0.2) is 4.79 Å². The largest absolute Gasteiger partial charge is 0.478 e. The Morgan fingerprint density at radius 2 is 1.94 bits per heavy atom. The highest BCUT2D eigenvalue weighted by atomic mass is 19.4. The van der Waals surface area contributed by atoms with E-state index in [1.807, 2.05) is 0 Å². The van der Waals surface area contributed by atoms with Crippen LogP contribution in [0.2, 0.25) is 0 Å². The van der Waals surface area contributed by atoms with Crippen LogP contribution < -0.4 is 5.32 Å². The van der Waals surface area contributed by atoms with Gasteiger partial charge in [-0.2, -0.15) is 13.2 Å². The zero-order valence-corrected chi connectivity index (χ0v) is 8.91. The lowest BCUT2D eigenvalue weighted by Crippen LogP contribution is -2.14. The second-order valence-electron chi connectivity index (χ2n) is 3.26. The number of nitrogens with one attached hydrogen (secondary N) is 1. The first-order chi connectivity index (χ1) is 8.25. The van der Waals surface area contributed by atoms with Gasteiger partial charge in [0.15, 0.2) is 0 Å². The number of benzene rings is 1. The standard InChI is InChI=1S/C11H8F3NO3/c1-2-9(16)15-8-4-3-6(11(12,13)14)5-7(8)10(17)18/h2-5H,1H2,(H,15,16)(H,17,18). The van der Waals surface area contributed by atoms with Gasteiger partial charge < -0.3 is 10.4 Å². The van der Waals surface area contributed by atoms with Gasteiger partial charge in [-0.05, 0) is 24.3 Å². The van der Waals surface area contributed by atoms with Gasteiger partial charge in [0, 0.05) is 0 Å². The number of aromatic carboxylic acids is 1. The van der Waals surface area contributed by atoms with E-state index in [1.165, 1.54) is 0 Å². The Kier molecular flexibility index (Phi) is 3.75. The first kappa shape index (κ1) is 13.8. The number of hydrogen-bond donors (Lipinski definition) is 2. The Hall–Kier alpha value is -2.31. The summed E-state index contributed by atoms with van der Waals surface area (Å²) in [4.78, 5) is 21.8. The Morgan fingerprint density at radius 1 is 1.33 bits per heavy atom. The van der Waals surface area contributed by atoms with Crippen molar-refractivity contribution in [3.63, 3.8) is 0 Å². The highest BCUT2D eigenvalue weighted by Crippen LogP contribution is 2.31. The summed E-state index contributed by atoms with van der Waals surface area (Å²) in [5, 5.41) is 10.9. The number of alkyl halides is 3. The number of carboxylic acids is 1. The van der Waals surface area contributed by atoms with Gasteiger partial charge in [0.1, 0.15) is 0 Å². The fraction of sp³-hybridized carbons (Fsp3) is 0.0909. The van der Waals surface area contributed by atoms with E-state index in [9.17, 15) is 22.8 Å². The van der Waals surface area contributed by atoms with Crippen molar-refractivity contribution in [1.82, 2.24) is 0 Å². The molecule has 0 aromatic heterocycles. The molecule has 4 nitrogen and oxygen atoms in total. The lowest BCUT2D eigenvalue weighted by molar-refractivity contribution is -0.137. The Bertz CT molecular complexity index is 509. The molecule has 0 spiro atoms. The third-order valence-corrected chi connectivity index (χ3v) is 2.02. The summed E-state index contributed by atoms with van der Waals surface area (Å²) in [6.45, 7) is 3.15. The molecule has 1 amide bonds. The molecular formula is C11H8F3NO3. The van der Waals surface area contributed by atoms with Crippen molar-refractivity contribution in [2.45, 2.75) is 6.18 Å². The van der Waals surface area contributed by atoms with Gasteiger partial charge in [-0.3, -0.25) is 4.79 Å². The number of amides is 1. The van der Waals surface area contributed by atoms with Crippen LogP contribution in [0.5, 0.6) is 0 Å². The second kappa shape index (κ2) is 4.91. The van der Waals surface area contributed by atoms with E-state index in [0.717, 1.165) is 12.1 Å². The summed E-state index contributed by atoms with van der Waals surface area (Å²) in [5.74, 6) is -2.28. The summed E-state index contributed by atoms with van der Waals surface area (Å²) in [6, 6.07) is 2.03. The fourth-order valence-corrected chi connectivity index (χ4v) is 1.19. The predicted octanol–water partition coefficient (Wildman–Crippen LogP) is 2.53. The third kappa shape index (κ3) is 3.09. The molecule has 0 heterocycles. The minimum absolute atomic E-state index is 0.222. The van der Waals surface area contributed by atoms with Crippen LogP contribution in [0.25, 0.3) is 0 Å². The van der Waals surface area contributed by atoms with Crippen LogP contribution in [0, 0.1) is 0 Å². The van der Waals surface area contributed by atoms with Gasteiger partial charge >= 0.3 is 12.1 Å². The summed E-state index contributed by atoms with van der Waals surface area (Å²) >= 11 is 0. The van der Waals surface area contributed by atoms with Crippen LogP contribution >= 0.6 is 0 Å². The molecule has 1 rings (SSSR count). The van der Waals surface area contributed by atoms with Crippen molar-refractivity contribution in [3.05, 3.63) is 42.0 Å². The quantitative estimate of drug-likeness (QED) is 0.819. The number of hydrogen-bond acceptors (Lipinski definition) is 2. The molecule has 0 bridgehead atoms. The lowest BCUT2D eigenvalue weighted by Gasteiger charge is -2.11. The first-order valence-electron chi connectivity index (χ1n) is 4.63. The van der Waals surface area contributed by atoms with Crippen LogP contribution in [0.15, 0.2) is 30.9 Å². The molecule has 0 aliphatic carbocycles. The summed E-state index contributed by atoms with van der Waals surface area (Å²) in [6.07, 6.45) is -3.77. The lowest BCUT2D eigenvalue weighted by atomic mass is 10.1. The molecule has 0 unspecified atom stereocenters. The van der Waals surface area contributed by atoms with Crippen LogP contribution in [0.3, 0.4) is 0 Å². The van der Waals surface area contributed by atoms with Gasteiger partial charge in [0.25, 0.3) is 0 Å². The van der Waals surface area contributed by atoms with Crippen molar-refractivity contribution in [1.29, 1.82) is 0 Å². The minimum Gasteiger partial charge on any atom is -0.478 e. The number of halogens is 3. The van der Waals surface area contributed by atoms with E-state index >= 15 is 0 Å². The molecule has 18 heavy (non-hydrogen) atoms. The predicted molar refractivity (Wildman–Crippen MR) is 57.2 cm³/mol. The van der Waals surface area contributed by atoms with Gasteiger partial charge in [-0.15, -0.1) is 0 Å². The summed E-state index contributed by atoms with van der Waals surface area (Å²) in [7, 11) is 0. The number of rotatable bonds is 3. The normalized spacial score (nSPS) is 10.8. The summed E-state index contributed by atoms with van der Waals surface area (Å²) in [5.41, 5.74) is -1.96. The van der Waals surface area contributed by atoms with Crippen LogP contribution in [0.1, 0.15) is 15.9 Å². The molecule has 96 valence electrons. The molecule has 2 N–H and O–H groups in total. The molecule has 0 atom stereocenters. The van der Waals surface area contributed by atoms with E-state index in [0.29, 0.717) is 12.1 Å². The van der Waals surface area contributed by atoms with Crippen LogP contribution in [0.4, 0.5) is 18.9 Å². The van der Waals surface area contributed by atoms with E-state index < -0.39 is 29.2 Å². The van der Waals surface area contributed by atoms with Crippen molar-refractivity contribution >= 4 is 17.6 Å². The molecule has 0 fully saturated rings. The van der Waals surface area contributed by atoms with Crippen molar-refractivity contribution in [3.8, 4) is 0 Å². The monoisotopic (exact) mass is 259 g/mol. The van der Waals surface area contributed by atoms with E-state index in [-0.39, 0.29) is 5.69 Å². The van der Waals surface area contributed by atoms with Crippen molar-refractivity contribution in [2.24, 2.45) is 0 Å². The number of anilines is 1. The van der Waals surface area contributed by atoms with Gasteiger partial charge in [0.05, 0.1) is 16.8 Å². The topological polar surface area (TPSA) is 66.4 Å². The molecule has 0 saturated heterocycles. The highest BCUT2D eigenvalue weighted by molar-refractivity contribution is 6.04. The highest BCUT2D eigenvalue weighted by Gasteiger charge is 2.31. The zero-order chi connectivity index (χ0) is 13.9. The first-order valence-corrected chi connectivity index (χ1v) is 4.63. The van der Waals surface area contributed by atoms with E-state index in [4.69, 9.17) is 5.11 Å². The average Bonchev–Trinajstić information content (AvgIpc) is 2.27. The van der Waals surface area contributed by atoms with Crippen molar-refractivity contribution in [2.75, 3.05) is 5.32 Å². The second-order valence-corrected chi connectivity index (χ2v) is 3.26. The number of carbonyl (C=O) groups is 2. The minimum atomic E-state index is -4.65. The van der Waals surface area contributed by atoms with E-state index in [2.05, 4.69) is 11.9 Å². The number of carboxylic acid groups (broad SMARTS) is 1. The molecule has 1 aromatic carbocycles. The molecule has 0 aliphatic heterocycles. The fourth-order valence-electron chi connectivity index (χ4n) is 1.19. The molecular weight excluding hydrogens is 251 g/mol. The van der Waals surface area contributed by atoms with Gasteiger partial charge in [-0.1, -0.05) is 6.58 Å². The molecule has 7 heteroatoms. The molecule has 0 saturated carbocycles.